The van der Waals surface area contributed by atoms with Gasteiger partial charge in [-0.1, -0.05) is 36.8 Å². The first-order valence-electron chi connectivity index (χ1n) is 11.5. The van der Waals surface area contributed by atoms with Crippen LogP contribution < -0.4 is 5.32 Å². The van der Waals surface area contributed by atoms with Crippen LogP contribution in [0.1, 0.15) is 40.6 Å². The molecule has 3 aromatic carbocycles. The smallest absolute Gasteiger partial charge is 0.411 e. The predicted molar refractivity (Wildman–Crippen MR) is 134 cm³/mol. The van der Waals surface area contributed by atoms with E-state index in [0.717, 1.165) is 23.8 Å². The van der Waals surface area contributed by atoms with Crippen LogP contribution in [0.5, 0.6) is 0 Å². The van der Waals surface area contributed by atoms with Crippen LogP contribution in [0.2, 0.25) is 0 Å². The minimum Gasteiger partial charge on any atom is -0.462 e. The molecule has 1 amide bonds. The van der Waals surface area contributed by atoms with E-state index in [1.165, 1.54) is 31.2 Å². The largest absolute Gasteiger partial charge is 0.462 e. The minimum absolute atomic E-state index is 0.0774. The number of sulfone groups is 1. The van der Waals surface area contributed by atoms with Crippen molar-refractivity contribution >= 4 is 27.6 Å². The summed E-state index contributed by atoms with van der Waals surface area (Å²) in [4.78, 5) is 24.6. The van der Waals surface area contributed by atoms with Crippen molar-refractivity contribution in [1.29, 1.82) is 0 Å². The van der Waals surface area contributed by atoms with Crippen molar-refractivity contribution in [3.63, 3.8) is 0 Å². The third-order valence-electron chi connectivity index (χ3n) is 5.60. The van der Waals surface area contributed by atoms with Gasteiger partial charge in [0.1, 0.15) is 11.6 Å². The number of hydrogen-bond donors (Lipinski definition) is 1. The number of halogens is 2. The summed E-state index contributed by atoms with van der Waals surface area (Å²) >= 11 is 0. The second kappa shape index (κ2) is 12.0. The van der Waals surface area contributed by atoms with Crippen LogP contribution in [0.15, 0.2) is 71.6 Å². The van der Waals surface area contributed by atoms with Gasteiger partial charge in [0.05, 0.1) is 34.6 Å². The highest BCUT2D eigenvalue weighted by atomic mass is 32.2. The van der Waals surface area contributed by atoms with Gasteiger partial charge >= 0.3 is 12.1 Å². The number of carbonyl (C=O) groups is 2. The Bertz CT molecular complexity index is 1380. The summed E-state index contributed by atoms with van der Waals surface area (Å²) < 4.78 is 66.2. The Morgan fingerprint density at radius 2 is 1.65 bits per heavy atom. The molecule has 37 heavy (non-hydrogen) atoms. The Labute approximate surface area is 214 Å². The molecule has 0 bridgehead atoms. The summed E-state index contributed by atoms with van der Waals surface area (Å²) in [5, 5.41) is 0.885. The van der Waals surface area contributed by atoms with Crippen molar-refractivity contribution in [2.24, 2.45) is 5.92 Å². The third kappa shape index (κ3) is 6.71. The normalized spacial score (nSPS) is 12.9. The van der Waals surface area contributed by atoms with Crippen LogP contribution in [0.4, 0.5) is 19.3 Å². The predicted octanol–water partition coefficient (Wildman–Crippen LogP) is 5.85. The van der Waals surface area contributed by atoms with Gasteiger partial charge in [-0.2, -0.15) is 0 Å². The number of hydrogen-bond acceptors (Lipinski definition) is 6. The number of para-hydroxylation sites is 1. The molecule has 196 valence electrons. The van der Waals surface area contributed by atoms with Crippen LogP contribution in [-0.2, 0) is 19.3 Å². The quantitative estimate of drug-likeness (QED) is 0.348. The van der Waals surface area contributed by atoms with Gasteiger partial charge in [-0.3, -0.25) is 5.32 Å². The van der Waals surface area contributed by atoms with E-state index >= 15 is 0 Å². The fraction of sp³-hybridized carbons (Fsp3) is 0.259. The number of esters is 1. The fourth-order valence-electron chi connectivity index (χ4n) is 3.81. The number of nitrogens with one attached hydrogen (secondary N) is 1. The van der Waals surface area contributed by atoms with Crippen molar-refractivity contribution < 1.29 is 36.3 Å². The molecule has 0 saturated carbocycles. The first kappa shape index (κ1) is 27.8. The van der Waals surface area contributed by atoms with Gasteiger partial charge in [0.15, 0.2) is 9.84 Å². The molecule has 0 aromatic heterocycles. The molecule has 2 atom stereocenters. The zero-order valence-electron chi connectivity index (χ0n) is 20.5. The van der Waals surface area contributed by atoms with Crippen molar-refractivity contribution in [3.05, 3.63) is 95.1 Å². The number of benzene rings is 3. The summed E-state index contributed by atoms with van der Waals surface area (Å²) in [5.41, 5.74) is 0.697. The summed E-state index contributed by atoms with van der Waals surface area (Å²) in [6.07, 6.45) is -0.963. The van der Waals surface area contributed by atoms with E-state index in [1.807, 2.05) is 0 Å². The second-order valence-corrected chi connectivity index (χ2v) is 10.5. The lowest BCUT2D eigenvalue weighted by atomic mass is 10.0. The molecular weight excluding hydrogens is 504 g/mol. The lowest BCUT2D eigenvalue weighted by molar-refractivity contribution is 0.0527. The maximum Gasteiger partial charge on any atom is 0.411 e. The highest BCUT2D eigenvalue weighted by molar-refractivity contribution is 7.91. The monoisotopic (exact) mass is 531 g/mol. The summed E-state index contributed by atoms with van der Waals surface area (Å²) in [5.74, 6) is -3.32. The highest BCUT2D eigenvalue weighted by Crippen LogP contribution is 2.37. The molecule has 7 nitrogen and oxygen atoms in total. The molecule has 3 aromatic rings. The average Bonchev–Trinajstić information content (AvgIpc) is 2.85. The molecule has 0 fully saturated rings. The molecule has 0 aliphatic rings. The van der Waals surface area contributed by atoms with E-state index in [0.29, 0.717) is 0 Å². The van der Waals surface area contributed by atoms with Crippen LogP contribution in [0.25, 0.3) is 0 Å². The lowest BCUT2D eigenvalue weighted by Crippen LogP contribution is -2.27. The van der Waals surface area contributed by atoms with Crippen molar-refractivity contribution in [2.75, 3.05) is 18.5 Å². The Morgan fingerprint density at radius 3 is 2.32 bits per heavy atom. The average molecular weight is 532 g/mol. The summed E-state index contributed by atoms with van der Waals surface area (Å²) in [6.45, 7) is 4.59. The van der Waals surface area contributed by atoms with Crippen LogP contribution in [-0.4, -0.2) is 33.7 Å². The Balaban J connectivity index is 1.85. The third-order valence-corrected chi connectivity index (χ3v) is 7.92. The van der Waals surface area contributed by atoms with Crippen molar-refractivity contribution in [2.45, 2.75) is 30.9 Å². The number of rotatable bonds is 9. The number of amides is 1. The second-order valence-electron chi connectivity index (χ2n) is 8.41. The number of carbonyl (C=O) groups excluding carboxylic acids is 2. The van der Waals surface area contributed by atoms with Gasteiger partial charge in [0.25, 0.3) is 0 Å². The molecule has 0 aliphatic heterocycles. The molecule has 10 heteroatoms. The van der Waals surface area contributed by atoms with E-state index < -0.39 is 51.3 Å². The highest BCUT2D eigenvalue weighted by Gasteiger charge is 2.37. The van der Waals surface area contributed by atoms with E-state index in [2.05, 4.69) is 5.32 Å². The Morgan fingerprint density at radius 1 is 0.973 bits per heavy atom. The molecule has 0 radical (unpaired) electrons. The zero-order chi connectivity index (χ0) is 27.2. The first-order valence-corrected chi connectivity index (χ1v) is 13.0. The van der Waals surface area contributed by atoms with Crippen LogP contribution in [0.3, 0.4) is 0 Å². The molecule has 0 saturated heterocycles. The molecule has 1 N–H and O–H groups in total. The SMILES string of the molecule is CCOC(=O)c1ccccc1NC(=O)OC[C@@H](C)[C@@H](c1cc(F)ccc1F)S(=O)(=O)c1ccc(C)cc1. The maximum absolute atomic E-state index is 14.8. The molecule has 0 heterocycles. The molecule has 0 unspecified atom stereocenters. The standard InChI is InChI=1S/C27H27F2NO6S/c1-4-35-26(31)21-7-5-6-8-24(21)30-27(32)36-16-18(3)25(22-15-19(28)11-14-23(22)29)37(33,34)20-12-9-17(2)10-13-20/h5-15,18,25H,4,16H2,1-3H3,(H,30,32)/t18-,25+/m1/s1. The lowest BCUT2D eigenvalue weighted by Gasteiger charge is -2.25. The minimum atomic E-state index is -4.22. The van der Waals surface area contributed by atoms with Crippen molar-refractivity contribution in [1.82, 2.24) is 0 Å². The zero-order valence-corrected chi connectivity index (χ0v) is 21.3. The van der Waals surface area contributed by atoms with Gasteiger partial charge in [0.2, 0.25) is 0 Å². The van der Waals surface area contributed by atoms with E-state index in [4.69, 9.17) is 9.47 Å². The summed E-state index contributed by atoms with van der Waals surface area (Å²) in [6, 6.07) is 14.7. The van der Waals surface area contributed by atoms with E-state index in [9.17, 15) is 26.8 Å². The van der Waals surface area contributed by atoms with Gasteiger partial charge in [-0.25, -0.2) is 26.8 Å². The fourth-order valence-corrected chi connectivity index (χ4v) is 5.82. The maximum atomic E-state index is 14.8. The first-order chi connectivity index (χ1) is 17.5. The van der Waals surface area contributed by atoms with Crippen LogP contribution in [0, 0.1) is 24.5 Å². The van der Waals surface area contributed by atoms with Gasteiger partial charge in [-0.05, 0) is 56.3 Å². The van der Waals surface area contributed by atoms with Gasteiger partial charge < -0.3 is 9.47 Å². The Hall–Kier alpha value is -3.79. The summed E-state index contributed by atoms with van der Waals surface area (Å²) in [7, 11) is -4.22. The van der Waals surface area contributed by atoms with Crippen molar-refractivity contribution in [3.8, 4) is 0 Å². The topological polar surface area (TPSA) is 98.8 Å². The molecular formula is C27H27F2NO6S. The van der Waals surface area contributed by atoms with Gasteiger partial charge in [-0.15, -0.1) is 0 Å². The number of aryl methyl sites for hydroxylation is 1. The van der Waals surface area contributed by atoms with E-state index in [1.54, 1.807) is 38.1 Å². The van der Waals surface area contributed by atoms with E-state index in [-0.39, 0.29) is 28.3 Å². The van der Waals surface area contributed by atoms with Gasteiger partial charge in [0, 0.05) is 11.5 Å². The Kier molecular flexibility index (Phi) is 8.99. The van der Waals surface area contributed by atoms with Crippen LogP contribution >= 0.6 is 0 Å². The number of anilines is 1. The number of ether oxygens (including phenoxy) is 2. The molecule has 0 spiro atoms. The molecule has 0 aliphatic carbocycles. The molecule has 3 rings (SSSR count).